The number of carbonyl (C=O) groups is 1. The summed E-state index contributed by atoms with van der Waals surface area (Å²) in [6, 6.07) is 4.27. The molecular weight excluding hydrogens is 328 g/mol. The van der Waals surface area contributed by atoms with E-state index in [-0.39, 0.29) is 11.9 Å². The monoisotopic (exact) mass is 360 g/mol. The molecule has 4 aliphatic carbocycles. The van der Waals surface area contributed by atoms with Gasteiger partial charge in [0.2, 0.25) is 5.91 Å². The zero-order valence-corrected chi connectivity index (χ0v) is 16.4. The Bertz CT molecular complexity index is 562. The van der Waals surface area contributed by atoms with E-state index in [9.17, 15) is 4.79 Å². The maximum absolute atomic E-state index is 13.1. The predicted molar refractivity (Wildman–Crippen MR) is 105 cm³/mol. The topological polar surface area (TPSA) is 34.0 Å². The van der Waals surface area contributed by atoms with Crippen molar-refractivity contribution in [2.45, 2.75) is 64.0 Å². The Hall–Kier alpha value is -0.900. The Morgan fingerprint density at radius 2 is 1.72 bits per heavy atom. The molecule has 1 heterocycles. The molecule has 1 amide bonds. The third kappa shape index (κ3) is 3.39. The molecular formula is C21H32N2OS. The first-order valence-corrected chi connectivity index (χ1v) is 11.4. The lowest BCUT2D eigenvalue weighted by Gasteiger charge is -2.59. The third-order valence-electron chi connectivity index (χ3n) is 7.25. The minimum absolute atomic E-state index is 0.0705. The van der Waals surface area contributed by atoms with Crippen LogP contribution in [0.15, 0.2) is 24.5 Å². The van der Waals surface area contributed by atoms with Gasteiger partial charge in [0.1, 0.15) is 6.04 Å². The summed E-state index contributed by atoms with van der Waals surface area (Å²) >= 11 is 1.82. The van der Waals surface area contributed by atoms with Crippen LogP contribution in [0, 0.1) is 23.2 Å². The Labute approximate surface area is 156 Å². The second-order valence-electron chi connectivity index (χ2n) is 8.94. The highest BCUT2D eigenvalue weighted by atomic mass is 32.2. The van der Waals surface area contributed by atoms with Gasteiger partial charge in [0.25, 0.3) is 0 Å². The quantitative estimate of drug-likeness (QED) is 0.776. The van der Waals surface area contributed by atoms with Crippen LogP contribution in [-0.2, 0) is 4.79 Å². The lowest BCUT2D eigenvalue weighted by atomic mass is 9.48. The normalized spacial score (nSPS) is 35.5. The average molecular weight is 361 g/mol. The lowest BCUT2D eigenvalue weighted by Crippen LogP contribution is -2.56. The molecule has 4 saturated carbocycles. The van der Waals surface area contributed by atoms with Crippen LogP contribution in [0.25, 0.3) is 0 Å². The van der Waals surface area contributed by atoms with Crippen molar-refractivity contribution in [3.63, 3.8) is 0 Å². The van der Waals surface area contributed by atoms with Crippen molar-refractivity contribution < 1.29 is 4.79 Å². The fourth-order valence-corrected chi connectivity index (χ4v) is 6.83. The first kappa shape index (κ1) is 17.5. The van der Waals surface area contributed by atoms with Crippen molar-refractivity contribution in [1.29, 1.82) is 0 Å². The van der Waals surface area contributed by atoms with E-state index in [0.717, 1.165) is 29.9 Å². The van der Waals surface area contributed by atoms with Crippen LogP contribution in [0.5, 0.6) is 0 Å². The van der Waals surface area contributed by atoms with Crippen LogP contribution in [0.2, 0.25) is 0 Å². The van der Waals surface area contributed by atoms with Gasteiger partial charge in [-0.1, -0.05) is 0 Å². The summed E-state index contributed by atoms with van der Waals surface area (Å²) in [5.74, 6) is 4.03. The second kappa shape index (κ2) is 7.02. The van der Waals surface area contributed by atoms with Crippen molar-refractivity contribution in [1.82, 2.24) is 9.88 Å². The van der Waals surface area contributed by atoms with Crippen LogP contribution < -0.4 is 5.32 Å². The molecule has 4 heteroatoms. The molecule has 138 valence electrons. The predicted octanol–water partition coefficient (Wildman–Crippen LogP) is 4.50. The molecule has 25 heavy (non-hydrogen) atoms. The molecule has 0 spiro atoms. The van der Waals surface area contributed by atoms with E-state index in [1.807, 2.05) is 36.3 Å². The number of nitrogens with one attached hydrogen (secondary N) is 1. The van der Waals surface area contributed by atoms with E-state index in [1.165, 1.54) is 38.5 Å². The number of hydrogen-bond acceptors (Lipinski definition) is 2. The molecule has 1 aromatic heterocycles. The van der Waals surface area contributed by atoms with Gasteiger partial charge in [-0.15, -0.1) is 0 Å². The molecule has 1 aromatic rings. The molecule has 5 rings (SSSR count). The second-order valence-corrected chi connectivity index (χ2v) is 9.92. The average Bonchev–Trinajstić information content (AvgIpc) is 3.08. The summed E-state index contributed by atoms with van der Waals surface area (Å²) in [4.78, 5) is 13.1. The number of aromatic nitrogens is 1. The van der Waals surface area contributed by atoms with Crippen LogP contribution in [0.3, 0.4) is 0 Å². The molecule has 4 aliphatic rings. The van der Waals surface area contributed by atoms with Gasteiger partial charge in [-0.2, -0.15) is 11.8 Å². The van der Waals surface area contributed by atoms with Crippen LogP contribution >= 0.6 is 11.8 Å². The number of carbonyl (C=O) groups excluding carboxylic acids is 1. The van der Waals surface area contributed by atoms with Gasteiger partial charge >= 0.3 is 0 Å². The standard InChI is InChI=1S/C21H32N2OS/c1-15(21-12-16-9-17(13-21)11-18(10-16)14-21)22-20(24)19(5-8-25-2)23-6-3-4-7-23/h3-4,6-7,15-19H,5,8-14H2,1-2H3,(H,22,24). The third-order valence-corrected chi connectivity index (χ3v) is 7.89. The van der Waals surface area contributed by atoms with Crippen molar-refractivity contribution in [2.24, 2.45) is 23.2 Å². The number of hydrogen-bond donors (Lipinski definition) is 1. The molecule has 0 saturated heterocycles. The van der Waals surface area contributed by atoms with Crippen LogP contribution in [0.4, 0.5) is 0 Å². The highest BCUT2D eigenvalue weighted by Crippen LogP contribution is 2.61. The maximum atomic E-state index is 13.1. The van der Waals surface area contributed by atoms with E-state index < -0.39 is 0 Å². The van der Waals surface area contributed by atoms with Gasteiger partial charge in [0, 0.05) is 18.4 Å². The number of rotatable bonds is 7. The summed E-state index contributed by atoms with van der Waals surface area (Å²) in [6.07, 6.45) is 15.5. The summed E-state index contributed by atoms with van der Waals surface area (Å²) in [5.41, 5.74) is 0.380. The zero-order valence-electron chi connectivity index (χ0n) is 15.6. The molecule has 4 bridgehead atoms. The molecule has 0 aliphatic heterocycles. The van der Waals surface area contributed by atoms with Crippen molar-refractivity contribution in [2.75, 3.05) is 12.0 Å². The van der Waals surface area contributed by atoms with E-state index in [2.05, 4.69) is 23.1 Å². The molecule has 0 radical (unpaired) electrons. The molecule has 0 aromatic carbocycles. The van der Waals surface area contributed by atoms with Gasteiger partial charge in [0.15, 0.2) is 0 Å². The fourth-order valence-electron chi connectivity index (χ4n) is 6.37. The molecule has 4 fully saturated rings. The Balaban J connectivity index is 1.46. The minimum Gasteiger partial charge on any atom is -0.351 e. The first-order chi connectivity index (χ1) is 12.1. The van der Waals surface area contributed by atoms with E-state index in [1.54, 1.807) is 0 Å². The van der Waals surface area contributed by atoms with Gasteiger partial charge in [-0.05, 0) is 99.2 Å². The highest BCUT2D eigenvalue weighted by Gasteiger charge is 2.53. The fraction of sp³-hybridized carbons (Fsp3) is 0.762. The van der Waals surface area contributed by atoms with Gasteiger partial charge in [0.05, 0.1) is 0 Å². The van der Waals surface area contributed by atoms with Crippen LogP contribution in [-0.4, -0.2) is 28.5 Å². The Kier molecular flexibility index (Phi) is 4.91. The minimum atomic E-state index is -0.0705. The Morgan fingerprint density at radius 3 is 2.24 bits per heavy atom. The van der Waals surface area contributed by atoms with Gasteiger partial charge < -0.3 is 9.88 Å². The van der Waals surface area contributed by atoms with Crippen molar-refractivity contribution in [3.05, 3.63) is 24.5 Å². The largest absolute Gasteiger partial charge is 0.351 e. The van der Waals surface area contributed by atoms with Crippen LogP contribution in [0.1, 0.15) is 57.9 Å². The molecule has 3 nitrogen and oxygen atoms in total. The van der Waals surface area contributed by atoms with E-state index in [4.69, 9.17) is 0 Å². The summed E-state index contributed by atoms with van der Waals surface area (Å²) in [6.45, 7) is 2.28. The maximum Gasteiger partial charge on any atom is 0.243 e. The number of thioether (sulfide) groups is 1. The summed E-state index contributed by atoms with van der Waals surface area (Å²) < 4.78 is 2.08. The molecule has 1 N–H and O–H groups in total. The summed E-state index contributed by atoms with van der Waals surface area (Å²) in [7, 11) is 0. The zero-order chi connectivity index (χ0) is 17.4. The molecule has 2 unspecified atom stereocenters. The first-order valence-electron chi connectivity index (χ1n) is 10.0. The van der Waals surface area contributed by atoms with Crippen molar-refractivity contribution in [3.8, 4) is 0 Å². The van der Waals surface area contributed by atoms with Gasteiger partial charge in [-0.25, -0.2) is 0 Å². The number of nitrogens with zero attached hydrogens (tertiary/aromatic N) is 1. The number of amides is 1. The smallest absolute Gasteiger partial charge is 0.243 e. The highest BCUT2D eigenvalue weighted by molar-refractivity contribution is 7.98. The van der Waals surface area contributed by atoms with Crippen molar-refractivity contribution >= 4 is 17.7 Å². The lowest BCUT2D eigenvalue weighted by molar-refractivity contribution is -0.129. The Morgan fingerprint density at radius 1 is 1.16 bits per heavy atom. The van der Waals surface area contributed by atoms with Gasteiger partial charge in [-0.3, -0.25) is 4.79 Å². The SMILES string of the molecule is CSCCC(C(=O)NC(C)C12CC3CC(CC(C3)C1)C2)n1cccc1. The van der Waals surface area contributed by atoms with E-state index in [0.29, 0.717) is 11.5 Å². The van der Waals surface area contributed by atoms with E-state index >= 15 is 0 Å². The molecule has 2 atom stereocenters. The summed E-state index contributed by atoms with van der Waals surface area (Å²) in [5, 5.41) is 3.47.